The summed E-state index contributed by atoms with van der Waals surface area (Å²) in [5.41, 5.74) is 1.60. The molecule has 1 N–H and O–H groups in total. The molecule has 0 fully saturated rings. The van der Waals surface area contributed by atoms with Crippen LogP contribution < -0.4 is 24.3 Å². The van der Waals surface area contributed by atoms with Crippen LogP contribution in [-0.2, 0) is 9.59 Å². The highest BCUT2D eigenvalue weighted by Crippen LogP contribution is 2.42. The van der Waals surface area contributed by atoms with E-state index in [9.17, 15) is 9.59 Å². The van der Waals surface area contributed by atoms with Crippen molar-refractivity contribution >= 4 is 23.0 Å². The highest BCUT2D eigenvalue weighted by Gasteiger charge is 2.33. The second-order valence-corrected chi connectivity index (χ2v) is 5.68. The minimum atomic E-state index is -0.486. The van der Waals surface area contributed by atoms with E-state index in [1.54, 1.807) is 43.5 Å². The number of amides is 2. The predicted molar refractivity (Wildman–Crippen MR) is 99.1 cm³/mol. The summed E-state index contributed by atoms with van der Waals surface area (Å²) in [5.74, 6) is 0.883. The molecule has 1 heterocycles. The molecule has 1 aliphatic heterocycles. The minimum Gasteiger partial charge on any atom is -0.497 e. The zero-order valence-corrected chi connectivity index (χ0v) is 15.4. The predicted octanol–water partition coefficient (Wildman–Crippen LogP) is 2.29. The second kappa shape index (κ2) is 7.41. The Morgan fingerprint density at radius 2 is 1.19 bits per heavy atom. The quantitative estimate of drug-likeness (QED) is 0.787. The summed E-state index contributed by atoms with van der Waals surface area (Å²) in [4.78, 5) is 25.0. The molecule has 2 aromatic carbocycles. The van der Waals surface area contributed by atoms with Gasteiger partial charge in [0.05, 0.1) is 39.6 Å². The molecular formula is C20H19NO6. The first-order chi connectivity index (χ1) is 13.0. The smallest absolute Gasteiger partial charge is 0.259 e. The Kier molecular flexibility index (Phi) is 5.03. The van der Waals surface area contributed by atoms with Gasteiger partial charge in [0.15, 0.2) is 11.5 Å². The maximum Gasteiger partial charge on any atom is 0.259 e. The van der Waals surface area contributed by atoms with Gasteiger partial charge in [-0.2, -0.15) is 0 Å². The van der Waals surface area contributed by atoms with E-state index in [4.69, 9.17) is 18.9 Å². The van der Waals surface area contributed by atoms with Crippen LogP contribution in [0.3, 0.4) is 0 Å². The van der Waals surface area contributed by atoms with Gasteiger partial charge < -0.3 is 18.9 Å². The van der Waals surface area contributed by atoms with Gasteiger partial charge in [-0.05, 0) is 35.4 Å². The number of carbonyl (C=O) groups is 2. The molecule has 0 saturated carbocycles. The third-order valence-electron chi connectivity index (χ3n) is 4.26. The molecular weight excluding hydrogens is 350 g/mol. The lowest BCUT2D eigenvalue weighted by molar-refractivity contribution is -0.122. The fraction of sp³-hybridized carbons (Fsp3) is 0.200. The summed E-state index contributed by atoms with van der Waals surface area (Å²) in [6, 6.07) is 10.2. The second-order valence-electron chi connectivity index (χ2n) is 5.68. The van der Waals surface area contributed by atoms with E-state index >= 15 is 0 Å². The van der Waals surface area contributed by atoms with Crippen LogP contribution in [0.1, 0.15) is 11.1 Å². The molecule has 0 atom stereocenters. The standard InChI is InChI=1S/C20H19NO6/c1-24-13-7-5-11(6-8-13)16-17(20(23)21-19(16)22)12-9-14(25-2)18(27-4)15(10-12)26-3/h5-10H,1-4H3,(H,21,22,23). The molecule has 7 heteroatoms. The number of hydrogen-bond donors (Lipinski definition) is 1. The van der Waals surface area contributed by atoms with Crippen molar-refractivity contribution in [3.8, 4) is 23.0 Å². The summed E-state index contributed by atoms with van der Waals surface area (Å²) >= 11 is 0. The molecule has 0 aromatic heterocycles. The van der Waals surface area contributed by atoms with Crippen molar-refractivity contribution in [3.63, 3.8) is 0 Å². The van der Waals surface area contributed by atoms with Crippen molar-refractivity contribution < 1.29 is 28.5 Å². The van der Waals surface area contributed by atoms with Crippen molar-refractivity contribution in [2.24, 2.45) is 0 Å². The molecule has 2 amide bonds. The van der Waals surface area contributed by atoms with E-state index in [1.165, 1.54) is 21.3 Å². The highest BCUT2D eigenvalue weighted by atomic mass is 16.5. The summed E-state index contributed by atoms with van der Waals surface area (Å²) in [6.07, 6.45) is 0. The van der Waals surface area contributed by atoms with Crippen LogP contribution in [0.5, 0.6) is 23.0 Å². The lowest BCUT2D eigenvalue weighted by atomic mass is 9.95. The average molecular weight is 369 g/mol. The lowest BCUT2D eigenvalue weighted by Crippen LogP contribution is -2.22. The fourth-order valence-electron chi connectivity index (χ4n) is 2.99. The van der Waals surface area contributed by atoms with Crippen LogP contribution in [0, 0.1) is 0 Å². The summed E-state index contributed by atoms with van der Waals surface area (Å²) in [7, 11) is 6.02. The first-order valence-corrected chi connectivity index (χ1v) is 8.08. The molecule has 0 radical (unpaired) electrons. The first kappa shape index (κ1) is 18.3. The molecule has 1 aliphatic rings. The maximum absolute atomic E-state index is 12.5. The Bertz CT molecular complexity index is 905. The van der Waals surface area contributed by atoms with E-state index in [1.807, 2.05) is 0 Å². The number of imide groups is 1. The number of ether oxygens (including phenoxy) is 4. The zero-order valence-electron chi connectivity index (χ0n) is 15.4. The Labute approximate surface area is 156 Å². The van der Waals surface area contributed by atoms with Crippen molar-refractivity contribution in [2.45, 2.75) is 0 Å². The molecule has 0 spiro atoms. The Morgan fingerprint density at radius 1 is 0.667 bits per heavy atom. The Hall–Kier alpha value is -3.48. The zero-order chi connectivity index (χ0) is 19.6. The van der Waals surface area contributed by atoms with Gasteiger partial charge in [0, 0.05) is 0 Å². The molecule has 7 nitrogen and oxygen atoms in total. The van der Waals surface area contributed by atoms with E-state index in [2.05, 4.69) is 5.32 Å². The van der Waals surface area contributed by atoms with Gasteiger partial charge in [-0.3, -0.25) is 14.9 Å². The van der Waals surface area contributed by atoms with Crippen LogP contribution in [0.25, 0.3) is 11.1 Å². The first-order valence-electron chi connectivity index (χ1n) is 8.08. The van der Waals surface area contributed by atoms with Crippen molar-refractivity contribution in [3.05, 3.63) is 47.5 Å². The molecule has 0 aliphatic carbocycles. The SMILES string of the molecule is COc1ccc(C2=C(c3cc(OC)c(OC)c(OC)c3)C(=O)NC2=O)cc1. The van der Waals surface area contributed by atoms with E-state index in [0.29, 0.717) is 34.1 Å². The molecule has 140 valence electrons. The van der Waals surface area contributed by atoms with Crippen molar-refractivity contribution in [1.82, 2.24) is 5.32 Å². The van der Waals surface area contributed by atoms with Gasteiger partial charge in [-0.1, -0.05) is 12.1 Å². The number of benzene rings is 2. The summed E-state index contributed by atoms with van der Waals surface area (Å²) in [5, 5.41) is 2.35. The van der Waals surface area contributed by atoms with Crippen LogP contribution in [-0.4, -0.2) is 40.3 Å². The van der Waals surface area contributed by atoms with E-state index in [0.717, 1.165) is 0 Å². The number of carbonyl (C=O) groups excluding carboxylic acids is 2. The molecule has 2 aromatic rings. The van der Waals surface area contributed by atoms with Crippen LogP contribution >= 0.6 is 0 Å². The molecule has 27 heavy (non-hydrogen) atoms. The monoisotopic (exact) mass is 369 g/mol. The largest absolute Gasteiger partial charge is 0.497 e. The molecule has 0 saturated heterocycles. The Morgan fingerprint density at radius 3 is 1.63 bits per heavy atom. The minimum absolute atomic E-state index is 0.240. The number of methoxy groups -OCH3 is 4. The van der Waals surface area contributed by atoms with Crippen LogP contribution in [0.15, 0.2) is 36.4 Å². The fourth-order valence-corrected chi connectivity index (χ4v) is 2.99. The van der Waals surface area contributed by atoms with E-state index in [-0.39, 0.29) is 11.1 Å². The van der Waals surface area contributed by atoms with E-state index < -0.39 is 11.8 Å². The van der Waals surface area contributed by atoms with Gasteiger partial charge in [0.1, 0.15) is 5.75 Å². The Balaban J connectivity index is 2.23. The number of hydrogen-bond acceptors (Lipinski definition) is 6. The van der Waals surface area contributed by atoms with Gasteiger partial charge in [0.2, 0.25) is 5.75 Å². The van der Waals surface area contributed by atoms with Crippen LogP contribution in [0.4, 0.5) is 0 Å². The normalized spacial score (nSPS) is 13.5. The topological polar surface area (TPSA) is 83.1 Å². The van der Waals surface area contributed by atoms with Gasteiger partial charge in [-0.25, -0.2) is 0 Å². The van der Waals surface area contributed by atoms with Crippen molar-refractivity contribution in [2.75, 3.05) is 28.4 Å². The summed E-state index contributed by atoms with van der Waals surface area (Å²) in [6.45, 7) is 0. The van der Waals surface area contributed by atoms with Crippen molar-refractivity contribution in [1.29, 1.82) is 0 Å². The maximum atomic E-state index is 12.5. The van der Waals surface area contributed by atoms with Gasteiger partial charge in [-0.15, -0.1) is 0 Å². The molecule has 0 bridgehead atoms. The molecule has 3 rings (SSSR count). The molecule has 0 unspecified atom stereocenters. The average Bonchev–Trinajstić information content (AvgIpc) is 3.00. The number of rotatable bonds is 6. The van der Waals surface area contributed by atoms with Gasteiger partial charge in [0.25, 0.3) is 11.8 Å². The van der Waals surface area contributed by atoms with Crippen LogP contribution in [0.2, 0.25) is 0 Å². The third kappa shape index (κ3) is 3.19. The third-order valence-corrected chi connectivity index (χ3v) is 4.26. The highest BCUT2D eigenvalue weighted by molar-refractivity contribution is 6.49. The number of nitrogens with one attached hydrogen (secondary N) is 1. The lowest BCUT2D eigenvalue weighted by Gasteiger charge is -2.14. The van der Waals surface area contributed by atoms with Gasteiger partial charge >= 0.3 is 0 Å². The summed E-state index contributed by atoms with van der Waals surface area (Å²) < 4.78 is 21.2.